The molecular formula is C33H34N4O6. The lowest BCUT2D eigenvalue weighted by molar-refractivity contribution is 0.0483. The zero-order chi connectivity index (χ0) is 30.6. The summed E-state index contributed by atoms with van der Waals surface area (Å²) >= 11 is 0. The summed E-state index contributed by atoms with van der Waals surface area (Å²) in [6.45, 7) is 4.44. The van der Waals surface area contributed by atoms with Crippen LogP contribution in [0.4, 0.5) is 0 Å². The third-order valence-electron chi connectivity index (χ3n) is 6.44. The van der Waals surface area contributed by atoms with Gasteiger partial charge in [-0.2, -0.15) is 0 Å². The summed E-state index contributed by atoms with van der Waals surface area (Å²) in [4.78, 5) is 52.1. The molecule has 0 saturated carbocycles. The first-order chi connectivity index (χ1) is 21.0. The van der Waals surface area contributed by atoms with Crippen molar-refractivity contribution < 1.29 is 19.1 Å². The fraction of sp³-hybridized carbons (Fsp3) is 0.242. The molecule has 0 radical (unpaired) electrons. The average Bonchev–Trinajstić information content (AvgIpc) is 3.54. The first kappa shape index (κ1) is 30.6. The lowest BCUT2D eigenvalue weighted by Crippen LogP contribution is -2.15. The molecule has 2 heterocycles. The number of H-pyrrole nitrogens is 2. The summed E-state index contributed by atoms with van der Waals surface area (Å²) in [6.07, 6.45) is 8.93. The van der Waals surface area contributed by atoms with E-state index < -0.39 is 23.1 Å². The number of aromatic amines is 2. The van der Waals surface area contributed by atoms with E-state index in [1.807, 2.05) is 26.0 Å². The van der Waals surface area contributed by atoms with Crippen molar-refractivity contribution in [2.24, 2.45) is 0 Å². The van der Waals surface area contributed by atoms with Gasteiger partial charge in [0.1, 0.15) is 0 Å². The molecule has 2 N–H and O–H groups in total. The number of nitrogens with one attached hydrogen (secondary N) is 2. The minimum Gasteiger partial charge on any atom is -0.461 e. The molecule has 0 aliphatic carbocycles. The second-order valence-corrected chi connectivity index (χ2v) is 9.57. The predicted octanol–water partition coefficient (Wildman–Crippen LogP) is 5.44. The van der Waals surface area contributed by atoms with Gasteiger partial charge in [0, 0.05) is 0 Å². The second-order valence-electron chi connectivity index (χ2n) is 9.57. The number of hydrogen-bond acceptors (Lipinski definition) is 6. The van der Waals surface area contributed by atoms with Crippen LogP contribution in [0, 0.1) is 0 Å². The van der Waals surface area contributed by atoms with Crippen molar-refractivity contribution >= 4 is 24.1 Å². The highest BCUT2D eigenvalue weighted by Gasteiger charge is 2.21. The molecule has 0 fully saturated rings. The van der Waals surface area contributed by atoms with Crippen LogP contribution >= 0.6 is 0 Å². The van der Waals surface area contributed by atoms with Crippen LogP contribution < -0.4 is 11.1 Å². The highest BCUT2D eigenvalue weighted by molar-refractivity contribution is 5.92. The third kappa shape index (κ3) is 7.49. The Balaban J connectivity index is 1.67. The maximum Gasteiger partial charge on any atom is 0.357 e. The van der Waals surface area contributed by atoms with Crippen molar-refractivity contribution in [1.82, 2.24) is 19.6 Å². The van der Waals surface area contributed by atoms with Crippen LogP contribution in [-0.4, -0.2) is 44.7 Å². The molecule has 0 spiro atoms. The molecule has 43 heavy (non-hydrogen) atoms. The Morgan fingerprint density at radius 3 is 1.70 bits per heavy atom. The molecule has 4 rings (SSSR count). The lowest BCUT2D eigenvalue weighted by atomic mass is 10.2. The molecule has 10 nitrogen and oxygen atoms in total. The molecule has 0 aliphatic heterocycles. The third-order valence-corrected chi connectivity index (χ3v) is 6.44. The van der Waals surface area contributed by atoms with E-state index in [0.717, 1.165) is 12.8 Å². The number of carbonyl (C=O) groups excluding carboxylic acids is 2. The molecule has 2 aromatic heterocycles. The SMILES string of the molecule is CCCCOC(=O)c1[nH]n(-c2ccccc2)c(=O)c1C=C=CC=Cc1c(C(=O)OCCCC)[nH]n(-c2ccccc2)c1=O. The number of benzene rings is 2. The number of hydrogen-bond donors (Lipinski definition) is 2. The van der Waals surface area contributed by atoms with Crippen LogP contribution in [0.2, 0.25) is 0 Å². The number of nitrogens with zero attached hydrogens (tertiary/aromatic N) is 2. The Bertz CT molecular complexity index is 1750. The number of ether oxygens (including phenoxy) is 2. The summed E-state index contributed by atoms with van der Waals surface area (Å²) in [7, 11) is 0. The van der Waals surface area contributed by atoms with E-state index in [9.17, 15) is 19.2 Å². The molecule has 0 unspecified atom stereocenters. The minimum absolute atomic E-state index is 0.00308. The Morgan fingerprint density at radius 1 is 0.744 bits per heavy atom. The smallest absolute Gasteiger partial charge is 0.357 e. The molecule has 0 saturated heterocycles. The van der Waals surface area contributed by atoms with Gasteiger partial charge in [-0.05, 0) is 55.3 Å². The van der Waals surface area contributed by atoms with E-state index in [0.29, 0.717) is 24.2 Å². The maximum atomic E-state index is 13.3. The summed E-state index contributed by atoms with van der Waals surface area (Å²) in [5.74, 6) is -1.29. The van der Waals surface area contributed by atoms with Crippen LogP contribution in [-0.2, 0) is 9.47 Å². The summed E-state index contributed by atoms with van der Waals surface area (Å²) in [5, 5.41) is 5.72. The van der Waals surface area contributed by atoms with Gasteiger partial charge in [0.2, 0.25) is 0 Å². The van der Waals surface area contributed by atoms with E-state index >= 15 is 0 Å². The predicted molar refractivity (Wildman–Crippen MR) is 165 cm³/mol. The van der Waals surface area contributed by atoms with Gasteiger partial charge < -0.3 is 9.47 Å². The van der Waals surface area contributed by atoms with Crippen molar-refractivity contribution in [3.8, 4) is 11.4 Å². The van der Waals surface area contributed by atoms with E-state index in [1.54, 1.807) is 48.5 Å². The summed E-state index contributed by atoms with van der Waals surface area (Å²) < 4.78 is 13.2. The number of para-hydroxylation sites is 2. The molecule has 0 aliphatic rings. The van der Waals surface area contributed by atoms with Gasteiger partial charge >= 0.3 is 11.9 Å². The number of allylic oxidation sites excluding steroid dienone is 2. The van der Waals surface area contributed by atoms with Crippen molar-refractivity contribution in [2.45, 2.75) is 39.5 Å². The zero-order valence-electron chi connectivity index (χ0n) is 24.2. The van der Waals surface area contributed by atoms with Gasteiger partial charge in [0.25, 0.3) is 11.1 Å². The quantitative estimate of drug-likeness (QED) is 0.0935. The van der Waals surface area contributed by atoms with Crippen molar-refractivity contribution in [3.63, 3.8) is 0 Å². The van der Waals surface area contributed by atoms with Gasteiger partial charge in [-0.15, -0.1) is 5.73 Å². The Labute approximate surface area is 248 Å². The van der Waals surface area contributed by atoms with Crippen LogP contribution in [0.25, 0.3) is 23.5 Å². The number of esters is 2. The number of rotatable bonds is 13. The molecule has 2 aromatic carbocycles. The molecule has 4 aromatic rings. The minimum atomic E-state index is -0.649. The molecule has 222 valence electrons. The molecule has 0 amide bonds. The van der Waals surface area contributed by atoms with Gasteiger partial charge in [0.05, 0.1) is 35.7 Å². The van der Waals surface area contributed by atoms with Crippen molar-refractivity contribution in [1.29, 1.82) is 0 Å². The number of unbranched alkanes of at least 4 members (excludes halogenated alkanes) is 2. The fourth-order valence-corrected chi connectivity index (χ4v) is 4.11. The van der Waals surface area contributed by atoms with Gasteiger partial charge in [0.15, 0.2) is 11.4 Å². The highest BCUT2D eigenvalue weighted by Crippen LogP contribution is 2.13. The molecule has 0 atom stereocenters. The maximum absolute atomic E-state index is 13.3. The largest absolute Gasteiger partial charge is 0.461 e. The lowest BCUT2D eigenvalue weighted by Gasteiger charge is -2.03. The first-order valence-corrected chi connectivity index (χ1v) is 14.2. The number of carbonyl (C=O) groups is 2. The highest BCUT2D eigenvalue weighted by atomic mass is 16.5. The normalized spacial score (nSPS) is 10.8. The average molecular weight is 583 g/mol. The van der Waals surface area contributed by atoms with Gasteiger partial charge in [-0.1, -0.05) is 69.2 Å². The summed E-state index contributed by atoms with van der Waals surface area (Å²) in [6, 6.07) is 17.7. The van der Waals surface area contributed by atoms with Crippen LogP contribution in [0.5, 0.6) is 0 Å². The summed E-state index contributed by atoms with van der Waals surface area (Å²) in [5.41, 5.74) is 3.31. The molecule has 10 heteroatoms. The van der Waals surface area contributed by atoms with E-state index in [4.69, 9.17) is 9.47 Å². The Hall–Kier alpha value is -5.34. The van der Waals surface area contributed by atoms with E-state index in [1.165, 1.54) is 33.7 Å². The van der Waals surface area contributed by atoms with Crippen LogP contribution in [0.15, 0.2) is 88.1 Å². The topological polar surface area (TPSA) is 128 Å². The van der Waals surface area contributed by atoms with Crippen LogP contribution in [0.3, 0.4) is 0 Å². The monoisotopic (exact) mass is 582 g/mol. The first-order valence-electron chi connectivity index (χ1n) is 14.2. The second kappa shape index (κ2) is 15.0. The van der Waals surface area contributed by atoms with Crippen molar-refractivity contribution in [2.75, 3.05) is 13.2 Å². The fourth-order valence-electron chi connectivity index (χ4n) is 4.11. The number of aromatic nitrogens is 4. The molecular weight excluding hydrogens is 548 g/mol. The standard InChI is InChI=1S/C33H34N4O6/c1-3-5-22-42-32(40)28-26(30(38)36(34-28)24-16-10-7-11-17-24)20-14-9-15-21-27-29(33(41)43-23-6-4-2)35-37(31(27)39)25-18-12-8-13-19-25/h7-14,16-21,34-35H,3-6,22-23H2,1-2H3. The van der Waals surface area contributed by atoms with E-state index in [-0.39, 0.29) is 35.7 Å². The van der Waals surface area contributed by atoms with Crippen molar-refractivity contribution in [3.05, 3.63) is 122 Å². The molecule has 0 bridgehead atoms. The Morgan fingerprint density at radius 2 is 1.21 bits per heavy atom. The Kier molecular flexibility index (Phi) is 10.7. The van der Waals surface area contributed by atoms with Gasteiger partial charge in [-0.25, -0.2) is 19.0 Å². The van der Waals surface area contributed by atoms with Crippen LogP contribution in [0.1, 0.15) is 71.6 Å². The van der Waals surface area contributed by atoms with Gasteiger partial charge in [-0.3, -0.25) is 19.8 Å². The zero-order valence-corrected chi connectivity index (χ0v) is 24.2. The van der Waals surface area contributed by atoms with E-state index in [2.05, 4.69) is 15.9 Å².